The highest BCUT2D eigenvalue weighted by Crippen LogP contribution is 2.39. The predicted molar refractivity (Wildman–Crippen MR) is 153 cm³/mol. The van der Waals surface area contributed by atoms with E-state index >= 15 is 0 Å². The molecule has 0 saturated heterocycles. The second-order valence-corrected chi connectivity index (χ2v) is 13.3. The molecule has 0 aliphatic heterocycles. The largest absolute Gasteiger partial charge is 0.468 e. The van der Waals surface area contributed by atoms with Crippen molar-refractivity contribution < 1.29 is 46.6 Å². The highest BCUT2D eigenvalue weighted by molar-refractivity contribution is 7.92. The third kappa shape index (κ3) is 6.94. The minimum absolute atomic E-state index is 0.00533. The summed E-state index contributed by atoms with van der Waals surface area (Å²) in [5, 5.41) is 2.72. The summed E-state index contributed by atoms with van der Waals surface area (Å²) >= 11 is 2.16. The van der Waals surface area contributed by atoms with Crippen LogP contribution >= 0.6 is 22.7 Å². The number of aryl methyl sites for hydroxylation is 1. The molecule has 0 saturated carbocycles. The maximum absolute atomic E-state index is 12.8. The predicted octanol–water partition coefficient (Wildman–Crippen LogP) is 1.87. The molecule has 0 unspecified atom stereocenters. The number of anilines is 1. The zero-order chi connectivity index (χ0) is 30.6. The number of benzene rings is 1. The van der Waals surface area contributed by atoms with Crippen molar-refractivity contribution in [2.45, 2.75) is 32.7 Å². The fourth-order valence-corrected chi connectivity index (χ4v) is 7.80. The van der Waals surface area contributed by atoms with Crippen molar-refractivity contribution in [3.8, 4) is 0 Å². The molecule has 2 amide bonds. The number of nitrogens with one attached hydrogen (secondary N) is 1. The molecule has 16 heteroatoms. The van der Waals surface area contributed by atoms with Gasteiger partial charge in [0, 0.05) is 4.88 Å². The van der Waals surface area contributed by atoms with E-state index < -0.39 is 51.1 Å². The Bertz CT molecular complexity index is 1770. The van der Waals surface area contributed by atoms with Gasteiger partial charge in [-0.2, -0.15) is 4.99 Å². The monoisotopic (exact) mass is 637 g/mol. The van der Waals surface area contributed by atoms with Gasteiger partial charge in [0.15, 0.2) is 14.6 Å². The standard InChI is InChI=1S/C26H27N3O10S3/c1-4-39-25(34)22-15-6-5-7-17(15)40-23(22)27-19(30)12-42(35,36)13-20(31)28-26-29(11-21(32)37-2)16-9-8-14(24(33)38-3)10-18(16)41-26/h8-10H,4-7,11-13H2,1-3H3,(H,27,30). The van der Waals surface area contributed by atoms with Crippen molar-refractivity contribution in [1.82, 2.24) is 4.57 Å². The smallest absolute Gasteiger partial charge is 0.341 e. The Morgan fingerprint density at radius 3 is 2.48 bits per heavy atom. The van der Waals surface area contributed by atoms with Crippen LogP contribution in [0.25, 0.3) is 10.2 Å². The number of carbonyl (C=O) groups is 5. The Kier molecular flexibility index (Phi) is 9.58. The fraction of sp³-hybridized carbons (Fsp3) is 0.385. The first kappa shape index (κ1) is 31.1. The molecule has 4 rings (SSSR count). The molecular formula is C26H27N3O10S3. The third-order valence-electron chi connectivity index (χ3n) is 6.19. The SMILES string of the molecule is CCOC(=O)c1c(NC(=O)CS(=O)(=O)CC(=O)N=c2sc3cc(C(=O)OC)ccc3n2CC(=O)OC)sc2c1CCC2. The van der Waals surface area contributed by atoms with Crippen LogP contribution in [0.5, 0.6) is 0 Å². The number of amides is 2. The molecule has 13 nitrogen and oxygen atoms in total. The highest BCUT2D eigenvalue weighted by Gasteiger charge is 2.29. The van der Waals surface area contributed by atoms with E-state index in [4.69, 9.17) is 14.2 Å². The molecule has 1 aliphatic rings. The first-order valence-electron chi connectivity index (χ1n) is 12.6. The van der Waals surface area contributed by atoms with E-state index in [1.807, 2.05) is 0 Å². The fourth-order valence-electron chi connectivity index (χ4n) is 4.40. The Labute approximate surface area is 248 Å². The van der Waals surface area contributed by atoms with E-state index in [1.54, 1.807) is 6.92 Å². The molecule has 42 heavy (non-hydrogen) atoms. The van der Waals surface area contributed by atoms with E-state index in [0.717, 1.165) is 34.6 Å². The van der Waals surface area contributed by atoms with Crippen LogP contribution < -0.4 is 10.1 Å². The maximum Gasteiger partial charge on any atom is 0.341 e. The molecule has 0 spiro atoms. The van der Waals surface area contributed by atoms with Crippen LogP contribution in [0.1, 0.15) is 44.5 Å². The van der Waals surface area contributed by atoms with Crippen LogP contribution in [0.2, 0.25) is 0 Å². The van der Waals surface area contributed by atoms with Crippen LogP contribution in [0.3, 0.4) is 0 Å². The van der Waals surface area contributed by atoms with Crippen molar-refractivity contribution >= 4 is 77.5 Å². The minimum atomic E-state index is -4.27. The average Bonchev–Trinajstić information content (AvgIpc) is 3.60. The number of methoxy groups -OCH3 is 2. The summed E-state index contributed by atoms with van der Waals surface area (Å²) in [5.74, 6) is -5.90. The number of sulfone groups is 1. The molecule has 1 aliphatic carbocycles. The number of rotatable bonds is 10. The lowest BCUT2D eigenvalue weighted by atomic mass is 10.1. The number of nitrogens with zero attached hydrogens (tertiary/aromatic N) is 2. The van der Waals surface area contributed by atoms with Gasteiger partial charge in [0.05, 0.1) is 42.2 Å². The Hall–Kier alpha value is -3.89. The van der Waals surface area contributed by atoms with Gasteiger partial charge in [-0.25, -0.2) is 18.0 Å². The van der Waals surface area contributed by atoms with Crippen LogP contribution in [-0.4, -0.2) is 75.0 Å². The summed E-state index contributed by atoms with van der Waals surface area (Å²) in [6.45, 7) is 1.47. The lowest BCUT2D eigenvalue weighted by Gasteiger charge is -2.08. The van der Waals surface area contributed by atoms with Gasteiger partial charge in [-0.05, 0) is 49.9 Å². The average molecular weight is 638 g/mol. The van der Waals surface area contributed by atoms with Crippen molar-refractivity contribution in [2.75, 3.05) is 37.6 Å². The molecule has 0 bridgehead atoms. The number of hydrogen-bond donors (Lipinski definition) is 1. The second kappa shape index (κ2) is 13.0. The Morgan fingerprint density at radius 1 is 1.02 bits per heavy atom. The Morgan fingerprint density at radius 2 is 1.79 bits per heavy atom. The molecular weight excluding hydrogens is 610 g/mol. The number of thiazole rings is 1. The number of carbonyl (C=O) groups excluding carboxylic acids is 5. The summed E-state index contributed by atoms with van der Waals surface area (Å²) in [4.78, 5) is 66.7. The number of aromatic nitrogens is 1. The summed E-state index contributed by atoms with van der Waals surface area (Å²) in [6, 6.07) is 4.50. The van der Waals surface area contributed by atoms with Crippen LogP contribution in [0, 0.1) is 0 Å². The van der Waals surface area contributed by atoms with Crippen molar-refractivity contribution in [2.24, 2.45) is 4.99 Å². The summed E-state index contributed by atoms with van der Waals surface area (Å²) in [7, 11) is -1.86. The lowest BCUT2D eigenvalue weighted by Crippen LogP contribution is -2.29. The summed E-state index contributed by atoms with van der Waals surface area (Å²) < 4.78 is 41.9. The second-order valence-electron chi connectivity index (χ2n) is 9.09. The number of ether oxygens (including phenoxy) is 3. The molecule has 224 valence electrons. The molecule has 3 aromatic rings. The van der Waals surface area contributed by atoms with E-state index in [0.29, 0.717) is 16.6 Å². The van der Waals surface area contributed by atoms with Gasteiger partial charge in [-0.15, -0.1) is 11.3 Å². The number of hydrogen-bond acceptors (Lipinski definition) is 12. The van der Waals surface area contributed by atoms with E-state index in [1.165, 1.54) is 48.3 Å². The molecule has 1 N–H and O–H groups in total. The van der Waals surface area contributed by atoms with Crippen LogP contribution in [-0.2, 0) is 57.8 Å². The first-order valence-corrected chi connectivity index (χ1v) is 16.1. The highest BCUT2D eigenvalue weighted by atomic mass is 32.2. The Balaban J connectivity index is 1.54. The third-order valence-corrected chi connectivity index (χ3v) is 9.82. The molecule has 1 aromatic carbocycles. The van der Waals surface area contributed by atoms with E-state index in [9.17, 15) is 32.4 Å². The van der Waals surface area contributed by atoms with Gasteiger partial charge in [0.1, 0.15) is 23.1 Å². The molecule has 0 atom stereocenters. The van der Waals surface area contributed by atoms with Crippen LogP contribution in [0.4, 0.5) is 5.00 Å². The zero-order valence-electron chi connectivity index (χ0n) is 22.9. The number of thiophene rings is 1. The molecule has 2 heterocycles. The van der Waals surface area contributed by atoms with Gasteiger partial charge in [-0.1, -0.05) is 11.3 Å². The van der Waals surface area contributed by atoms with Gasteiger partial charge in [0.25, 0.3) is 5.91 Å². The molecule has 0 fully saturated rings. The van der Waals surface area contributed by atoms with Gasteiger partial charge in [-0.3, -0.25) is 14.4 Å². The van der Waals surface area contributed by atoms with Gasteiger partial charge >= 0.3 is 17.9 Å². The van der Waals surface area contributed by atoms with Crippen molar-refractivity contribution in [1.29, 1.82) is 0 Å². The molecule has 2 aromatic heterocycles. The van der Waals surface area contributed by atoms with E-state index in [-0.39, 0.29) is 34.1 Å². The maximum atomic E-state index is 12.8. The van der Waals surface area contributed by atoms with Crippen molar-refractivity contribution in [3.05, 3.63) is 44.6 Å². The van der Waals surface area contributed by atoms with Gasteiger partial charge in [0.2, 0.25) is 5.91 Å². The summed E-state index contributed by atoms with van der Waals surface area (Å²) in [5.41, 5.74) is 1.71. The van der Waals surface area contributed by atoms with Crippen LogP contribution in [0.15, 0.2) is 23.2 Å². The number of esters is 3. The minimum Gasteiger partial charge on any atom is -0.468 e. The lowest BCUT2D eigenvalue weighted by molar-refractivity contribution is -0.141. The van der Waals surface area contributed by atoms with E-state index in [2.05, 4.69) is 10.3 Å². The topological polar surface area (TPSA) is 176 Å². The van der Waals surface area contributed by atoms with Gasteiger partial charge < -0.3 is 24.1 Å². The zero-order valence-corrected chi connectivity index (χ0v) is 25.3. The first-order chi connectivity index (χ1) is 20.0. The van der Waals surface area contributed by atoms with Crippen molar-refractivity contribution in [3.63, 3.8) is 0 Å². The quantitative estimate of drug-likeness (QED) is 0.255. The number of fused-ring (bicyclic) bond motifs is 2. The summed E-state index contributed by atoms with van der Waals surface area (Å²) in [6.07, 6.45) is 2.27. The normalized spacial score (nSPS) is 13.1. The molecule has 0 radical (unpaired) electrons.